The van der Waals surface area contributed by atoms with E-state index in [-0.39, 0.29) is 18.4 Å². The first kappa shape index (κ1) is 16.9. The van der Waals surface area contributed by atoms with Crippen molar-refractivity contribution in [2.24, 2.45) is 0 Å². The number of amides is 1. The molecule has 0 aliphatic heterocycles. The van der Waals surface area contributed by atoms with Crippen molar-refractivity contribution >= 4 is 5.91 Å². The third-order valence-corrected chi connectivity index (χ3v) is 3.80. The van der Waals surface area contributed by atoms with Gasteiger partial charge in [-0.2, -0.15) is 0 Å². The molecule has 0 aliphatic rings. The van der Waals surface area contributed by atoms with Gasteiger partial charge in [-0.3, -0.25) is 4.79 Å². The lowest BCUT2D eigenvalue weighted by atomic mass is 10.1. The standard InChI is InChI=1S/C17H22N2O4/c1-10(13-6-7-15(21-4)16(8-13)22-5)18-17(20)9-14-11(2)19-23-12(14)3/h6-8,10H,9H2,1-5H3,(H,18,20). The lowest BCUT2D eigenvalue weighted by molar-refractivity contribution is -0.121. The summed E-state index contributed by atoms with van der Waals surface area (Å²) in [5, 5.41) is 6.84. The third kappa shape index (κ3) is 3.83. The van der Waals surface area contributed by atoms with Crippen LogP contribution in [0, 0.1) is 13.8 Å². The van der Waals surface area contributed by atoms with Gasteiger partial charge in [-0.15, -0.1) is 0 Å². The summed E-state index contributed by atoms with van der Waals surface area (Å²) in [7, 11) is 3.18. The molecule has 1 aromatic heterocycles. The van der Waals surface area contributed by atoms with Crippen molar-refractivity contribution in [2.75, 3.05) is 14.2 Å². The van der Waals surface area contributed by atoms with E-state index in [2.05, 4.69) is 10.5 Å². The average Bonchev–Trinajstić information content (AvgIpc) is 2.85. The van der Waals surface area contributed by atoms with E-state index in [9.17, 15) is 4.79 Å². The predicted octanol–water partition coefficient (Wildman–Crippen LogP) is 2.73. The van der Waals surface area contributed by atoms with Crippen LogP contribution < -0.4 is 14.8 Å². The van der Waals surface area contributed by atoms with Gasteiger partial charge in [-0.1, -0.05) is 11.2 Å². The molecule has 0 bridgehead atoms. The summed E-state index contributed by atoms with van der Waals surface area (Å²) in [6.07, 6.45) is 0.249. The van der Waals surface area contributed by atoms with Crippen LogP contribution in [0.25, 0.3) is 0 Å². The average molecular weight is 318 g/mol. The first-order valence-corrected chi connectivity index (χ1v) is 7.39. The van der Waals surface area contributed by atoms with Crippen LogP contribution in [0.5, 0.6) is 11.5 Å². The van der Waals surface area contributed by atoms with Crippen molar-refractivity contribution in [3.8, 4) is 11.5 Å². The number of hydrogen-bond donors (Lipinski definition) is 1. The van der Waals surface area contributed by atoms with Gasteiger partial charge in [-0.25, -0.2) is 0 Å². The van der Waals surface area contributed by atoms with Gasteiger partial charge in [0, 0.05) is 5.56 Å². The van der Waals surface area contributed by atoms with Gasteiger partial charge in [0.2, 0.25) is 5.91 Å². The van der Waals surface area contributed by atoms with E-state index in [4.69, 9.17) is 14.0 Å². The summed E-state index contributed by atoms with van der Waals surface area (Å²) < 4.78 is 15.6. The predicted molar refractivity (Wildman–Crippen MR) is 85.8 cm³/mol. The highest BCUT2D eigenvalue weighted by Gasteiger charge is 2.16. The molecule has 0 aliphatic carbocycles. The second-order valence-electron chi connectivity index (χ2n) is 5.38. The van der Waals surface area contributed by atoms with Gasteiger partial charge in [0.05, 0.1) is 32.4 Å². The Hall–Kier alpha value is -2.50. The fraction of sp³-hybridized carbons (Fsp3) is 0.412. The van der Waals surface area contributed by atoms with E-state index in [0.29, 0.717) is 17.3 Å². The zero-order valence-electron chi connectivity index (χ0n) is 14.1. The summed E-state index contributed by atoms with van der Waals surface area (Å²) >= 11 is 0. The van der Waals surface area contributed by atoms with Crippen molar-refractivity contribution in [3.05, 3.63) is 40.8 Å². The maximum atomic E-state index is 12.2. The Bertz CT molecular complexity index is 674. The Labute approximate surface area is 135 Å². The highest BCUT2D eigenvalue weighted by Crippen LogP contribution is 2.29. The Morgan fingerprint density at radius 1 is 1.26 bits per heavy atom. The summed E-state index contributed by atoms with van der Waals surface area (Å²) in [5.41, 5.74) is 2.52. The number of nitrogens with one attached hydrogen (secondary N) is 1. The van der Waals surface area contributed by atoms with E-state index >= 15 is 0 Å². The second-order valence-corrected chi connectivity index (χ2v) is 5.38. The molecule has 124 valence electrons. The molecule has 0 spiro atoms. The topological polar surface area (TPSA) is 73.6 Å². The quantitative estimate of drug-likeness (QED) is 0.886. The van der Waals surface area contributed by atoms with Crippen molar-refractivity contribution in [1.82, 2.24) is 10.5 Å². The van der Waals surface area contributed by atoms with Crippen LogP contribution in [0.1, 0.15) is 35.5 Å². The molecular formula is C17H22N2O4. The molecule has 23 heavy (non-hydrogen) atoms. The smallest absolute Gasteiger partial charge is 0.225 e. The minimum atomic E-state index is -0.150. The number of carbonyl (C=O) groups is 1. The summed E-state index contributed by atoms with van der Waals surface area (Å²) in [4.78, 5) is 12.2. The third-order valence-electron chi connectivity index (χ3n) is 3.80. The molecular weight excluding hydrogens is 296 g/mol. The van der Waals surface area contributed by atoms with Gasteiger partial charge in [0.15, 0.2) is 11.5 Å². The zero-order valence-corrected chi connectivity index (χ0v) is 14.1. The first-order chi connectivity index (χ1) is 11.0. The molecule has 1 aromatic carbocycles. The summed E-state index contributed by atoms with van der Waals surface area (Å²) in [5.74, 6) is 1.89. The van der Waals surface area contributed by atoms with E-state index < -0.39 is 0 Å². The lowest BCUT2D eigenvalue weighted by Gasteiger charge is -2.16. The minimum Gasteiger partial charge on any atom is -0.493 e. The van der Waals surface area contributed by atoms with Crippen LogP contribution in [-0.2, 0) is 11.2 Å². The van der Waals surface area contributed by atoms with Gasteiger partial charge < -0.3 is 19.3 Å². The number of aryl methyl sites for hydroxylation is 2. The number of benzene rings is 1. The lowest BCUT2D eigenvalue weighted by Crippen LogP contribution is -2.28. The van der Waals surface area contributed by atoms with Crippen LogP contribution in [0.2, 0.25) is 0 Å². The van der Waals surface area contributed by atoms with Crippen LogP contribution in [0.4, 0.5) is 0 Å². The van der Waals surface area contributed by atoms with Crippen LogP contribution >= 0.6 is 0 Å². The number of nitrogens with zero attached hydrogens (tertiary/aromatic N) is 1. The highest BCUT2D eigenvalue weighted by atomic mass is 16.5. The number of carbonyl (C=O) groups excluding carboxylic acids is 1. The van der Waals surface area contributed by atoms with E-state index in [1.165, 1.54) is 0 Å². The summed E-state index contributed by atoms with van der Waals surface area (Å²) in [6, 6.07) is 5.44. The molecule has 1 atom stereocenters. The maximum absolute atomic E-state index is 12.2. The molecule has 0 saturated heterocycles. The van der Waals surface area contributed by atoms with Crippen molar-refractivity contribution in [1.29, 1.82) is 0 Å². The number of aromatic nitrogens is 1. The Kier molecular flexibility index (Phi) is 5.26. The molecule has 6 nitrogen and oxygen atoms in total. The van der Waals surface area contributed by atoms with Crippen molar-refractivity contribution in [2.45, 2.75) is 33.2 Å². The minimum absolute atomic E-state index is 0.0818. The first-order valence-electron chi connectivity index (χ1n) is 7.39. The molecule has 1 heterocycles. The van der Waals surface area contributed by atoms with E-state index in [0.717, 1.165) is 16.8 Å². The van der Waals surface area contributed by atoms with Gasteiger partial charge in [-0.05, 0) is 38.5 Å². The van der Waals surface area contributed by atoms with Crippen LogP contribution in [0.15, 0.2) is 22.7 Å². The number of methoxy groups -OCH3 is 2. The molecule has 0 radical (unpaired) electrons. The fourth-order valence-electron chi connectivity index (χ4n) is 2.41. The fourth-order valence-corrected chi connectivity index (χ4v) is 2.41. The number of hydrogen-bond acceptors (Lipinski definition) is 5. The monoisotopic (exact) mass is 318 g/mol. The van der Waals surface area contributed by atoms with Crippen LogP contribution in [-0.4, -0.2) is 25.3 Å². The molecule has 0 fully saturated rings. The normalized spacial score (nSPS) is 11.9. The van der Waals surface area contributed by atoms with Crippen molar-refractivity contribution in [3.63, 3.8) is 0 Å². The zero-order chi connectivity index (χ0) is 17.0. The summed E-state index contributed by atoms with van der Waals surface area (Å²) in [6.45, 7) is 5.56. The molecule has 2 rings (SSSR count). The molecule has 1 amide bonds. The number of rotatable bonds is 6. The molecule has 1 N–H and O–H groups in total. The van der Waals surface area contributed by atoms with Gasteiger partial charge in [0.25, 0.3) is 0 Å². The van der Waals surface area contributed by atoms with E-state index in [1.807, 2.05) is 32.0 Å². The Morgan fingerprint density at radius 2 is 1.96 bits per heavy atom. The molecule has 2 aromatic rings. The largest absolute Gasteiger partial charge is 0.493 e. The Balaban J connectivity index is 2.06. The maximum Gasteiger partial charge on any atom is 0.225 e. The second kappa shape index (κ2) is 7.17. The molecule has 0 saturated carbocycles. The van der Waals surface area contributed by atoms with Gasteiger partial charge >= 0.3 is 0 Å². The molecule has 1 unspecified atom stereocenters. The SMILES string of the molecule is COc1ccc(C(C)NC(=O)Cc2c(C)noc2C)cc1OC. The van der Waals surface area contributed by atoms with Crippen LogP contribution in [0.3, 0.4) is 0 Å². The Morgan fingerprint density at radius 3 is 2.52 bits per heavy atom. The highest BCUT2D eigenvalue weighted by molar-refractivity contribution is 5.79. The van der Waals surface area contributed by atoms with Gasteiger partial charge in [0.1, 0.15) is 5.76 Å². The van der Waals surface area contributed by atoms with Crippen molar-refractivity contribution < 1.29 is 18.8 Å². The van der Waals surface area contributed by atoms with E-state index in [1.54, 1.807) is 21.1 Å². The number of ether oxygens (including phenoxy) is 2. The molecule has 6 heteroatoms.